The molecular formula is C13H12Cl2N2O3. The first-order chi connectivity index (χ1) is 9.42. The van der Waals surface area contributed by atoms with Gasteiger partial charge in [-0.3, -0.25) is 14.9 Å². The van der Waals surface area contributed by atoms with E-state index in [4.69, 9.17) is 29.6 Å². The molecule has 0 unspecified atom stereocenters. The Kier molecular flexibility index (Phi) is 5.81. The van der Waals surface area contributed by atoms with Gasteiger partial charge in [-0.15, -0.1) is 6.42 Å². The largest absolute Gasteiger partial charge is 0.328 e. The van der Waals surface area contributed by atoms with Gasteiger partial charge in [0, 0.05) is 18.2 Å². The van der Waals surface area contributed by atoms with E-state index in [2.05, 4.69) is 5.92 Å². The molecule has 7 heteroatoms. The van der Waals surface area contributed by atoms with E-state index in [-0.39, 0.29) is 22.2 Å². The van der Waals surface area contributed by atoms with Crippen LogP contribution in [0.25, 0.3) is 0 Å². The maximum atomic E-state index is 12.3. The normalized spacial score (nSPS) is 9.90. The van der Waals surface area contributed by atoms with Crippen LogP contribution in [0.15, 0.2) is 12.1 Å². The molecule has 5 nitrogen and oxygen atoms in total. The number of halogens is 2. The maximum absolute atomic E-state index is 12.3. The van der Waals surface area contributed by atoms with E-state index < -0.39 is 16.5 Å². The summed E-state index contributed by atoms with van der Waals surface area (Å²) in [6.45, 7) is 2.48. The molecule has 1 rings (SSSR count). The van der Waals surface area contributed by atoms with Crippen LogP contribution < -0.4 is 0 Å². The Morgan fingerprint density at radius 1 is 1.50 bits per heavy atom. The third-order valence-electron chi connectivity index (χ3n) is 2.52. The summed E-state index contributed by atoms with van der Waals surface area (Å²) >= 11 is 11.6. The van der Waals surface area contributed by atoms with Crippen LogP contribution in [0.2, 0.25) is 10.0 Å². The number of amides is 1. The van der Waals surface area contributed by atoms with E-state index in [1.54, 1.807) is 0 Å². The number of benzene rings is 1. The molecule has 0 saturated heterocycles. The minimum Gasteiger partial charge on any atom is -0.328 e. The predicted molar refractivity (Wildman–Crippen MR) is 78.1 cm³/mol. The summed E-state index contributed by atoms with van der Waals surface area (Å²) in [6.07, 6.45) is 5.93. The van der Waals surface area contributed by atoms with Gasteiger partial charge in [0.1, 0.15) is 5.02 Å². The second-order valence-electron chi connectivity index (χ2n) is 3.98. The lowest BCUT2D eigenvalue weighted by atomic mass is 10.1. The molecule has 0 radical (unpaired) electrons. The number of nitrogens with zero attached hydrogens (tertiary/aromatic N) is 2. The molecule has 0 bridgehead atoms. The van der Waals surface area contributed by atoms with Gasteiger partial charge in [-0.1, -0.05) is 36.0 Å². The van der Waals surface area contributed by atoms with Crippen molar-refractivity contribution in [2.45, 2.75) is 13.3 Å². The van der Waals surface area contributed by atoms with Crippen LogP contribution in [0.1, 0.15) is 23.7 Å². The summed E-state index contributed by atoms with van der Waals surface area (Å²) in [5, 5.41) is 10.6. The Morgan fingerprint density at radius 2 is 2.15 bits per heavy atom. The van der Waals surface area contributed by atoms with Crippen LogP contribution in [0.3, 0.4) is 0 Å². The van der Waals surface area contributed by atoms with Crippen molar-refractivity contribution in [3.63, 3.8) is 0 Å². The minimum atomic E-state index is -0.684. The molecule has 20 heavy (non-hydrogen) atoms. The van der Waals surface area contributed by atoms with Crippen molar-refractivity contribution in [1.82, 2.24) is 4.90 Å². The molecular weight excluding hydrogens is 303 g/mol. The standard InChI is InChI=1S/C13H12Cl2N2O3/c1-3-5-16(6-4-2)13(18)9-7-10(14)12(15)11(8-9)17(19)20/h1,7-8H,4-6H2,2H3. The number of hydrogen-bond acceptors (Lipinski definition) is 3. The van der Waals surface area contributed by atoms with Crippen LogP contribution in [0.5, 0.6) is 0 Å². The molecule has 106 valence electrons. The van der Waals surface area contributed by atoms with Crippen LogP contribution in [-0.2, 0) is 0 Å². The number of terminal acetylenes is 1. The lowest BCUT2D eigenvalue weighted by molar-refractivity contribution is -0.384. The average Bonchev–Trinajstić information content (AvgIpc) is 2.40. The van der Waals surface area contributed by atoms with Crippen molar-refractivity contribution in [3.8, 4) is 12.3 Å². The van der Waals surface area contributed by atoms with Crippen LogP contribution in [-0.4, -0.2) is 28.8 Å². The highest BCUT2D eigenvalue weighted by atomic mass is 35.5. The lowest BCUT2D eigenvalue weighted by Crippen LogP contribution is -2.32. The molecule has 0 aromatic heterocycles. The molecule has 1 aromatic rings. The Hall–Kier alpha value is -1.77. The summed E-state index contributed by atoms with van der Waals surface area (Å²) in [6, 6.07) is 2.41. The first-order valence-electron chi connectivity index (χ1n) is 5.78. The lowest BCUT2D eigenvalue weighted by Gasteiger charge is -2.19. The van der Waals surface area contributed by atoms with Gasteiger partial charge in [0.05, 0.1) is 16.5 Å². The van der Waals surface area contributed by atoms with Crippen molar-refractivity contribution in [3.05, 3.63) is 37.9 Å². The predicted octanol–water partition coefficient (Wildman–Crippen LogP) is 3.39. The van der Waals surface area contributed by atoms with E-state index in [9.17, 15) is 14.9 Å². The zero-order valence-corrected chi connectivity index (χ0v) is 12.2. The molecule has 0 saturated carbocycles. The fraction of sp³-hybridized carbons (Fsp3) is 0.308. The summed E-state index contributed by atoms with van der Waals surface area (Å²) < 4.78 is 0. The highest BCUT2D eigenvalue weighted by molar-refractivity contribution is 6.43. The first-order valence-corrected chi connectivity index (χ1v) is 6.54. The van der Waals surface area contributed by atoms with Gasteiger partial charge < -0.3 is 4.90 Å². The van der Waals surface area contributed by atoms with Crippen molar-refractivity contribution in [2.24, 2.45) is 0 Å². The van der Waals surface area contributed by atoms with E-state index >= 15 is 0 Å². The molecule has 0 heterocycles. The fourth-order valence-corrected chi connectivity index (χ4v) is 2.04. The maximum Gasteiger partial charge on any atom is 0.290 e. The Bertz CT molecular complexity index is 582. The molecule has 1 amide bonds. The smallest absolute Gasteiger partial charge is 0.290 e. The van der Waals surface area contributed by atoms with Gasteiger partial charge in [0.15, 0.2) is 0 Å². The van der Waals surface area contributed by atoms with Crippen LogP contribution in [0.4, 0.5) is 5.69 Å². The highest BCUT2D eigenvalue weighted by Gasteiger charge is 2.22. The Morgan fingerprint density at radius 3 is 2.65 bits per heavy atom. The van der Waals surface area contributed by atoms with Crippen LogP contribution in [0, 0.1) is 22.5 Å². The van der Waals surface area contributed by atoms with Gasteiger partial charge in [-0.2, -0.15) is 0 Å². The van der Waals surface area contributed by atoms with Crippen molar-refractivity contribution in [2.75, 3.05) is 13.1 Å². The van der Waals surface area contributed by atoms with Gasteiger partial charge >= 0.3 is 0 Å². The van der Waals surface area contributed by atoms with E-state index in [0.717, 1.165) is 12.5 Å². The zero-order chi connectivity index (χ0) is 15.3. The number of carbonyl (C=O) groups is 1. The summed E-state index contributed by atoms with van der Waals surface area (Å²) in [5.74, 6) is 1.97. The quantitative estimate of drug-likeness (QED) is 0.475. The Labute approximate surface area is 126 Å². The van der Waals surface area contributed by atoms with Gasteiger partial charge in [-0.05, 0) is 12.5 Å². The zero-order valence-electron chi connectivity index (χ0n) is 10.7. The topological polar surface area (TPSA) is 63.5 Å². The van der Waals surface area contributed by atoms with Gasteiger partial charge in [0.2, 0.25) is 0 Å². The Balaban J connectivity index is 3.22. The third kappa shape index (κ3) is 3.62. The van der Waals surface area contributed by atoms with Crippen LogP contribution >= 0.6 is 23.2 Å². The fourth-order valence-electron chi connectivity index (χ4n) is 1.65. The molecule has 0 N–H and O–H groups in total. The minimum absolute atomic E-state index is 0.0404. The number of nitro benzene ring substituents is 1. The summed E-state index contributed by atoms with van der Waals surface area (Å²) in [5.41, 5.74) is -0.311. The number of carbonyl (C=O) groups excluding carboxylic acids is 1. The second kappa shape index (κ2) is 7.13. The SMILES string of the molecule is C#CCN(CCC)C(=O)c1cc(Cl)c(Cl)c([N+](=O)[O-])c1. The van der Waals surface area contributed by atoms with Crippen molar-refractivity contribution in [1.29, 1.82) is 0 Å². The number of nitro groups is 1. The molecule has 0 spiro atoms. The van der Waals surface area contributed by atoms with E-state index in [0.29, 0.717) is 6.54 Å². The van der Waals surface area contributed by atoms with Crippen molar-refractivity contribution >= 4 is 34.8 Å². The molecule has 0 aliphatic heterocycles. The van der Waals surface area contributed by atoms with E-state index in [1.165, 1.54) is 11.0 Å². The van der Waals surface area contributed by atoms with Gasteiger partial charge in [-0.25, -0.2) is 0 Å². The molecule has 0 atom stereocenters. The van der Waals surface area contributed by atoms with Crippen molar-refractivity contribution < 1.29 is 9.72 Å². The average molecular weight is 315 g/mol. The highest BCUT2D eigenvalue weighted by Crippen LogP contribution is 2.33. The monoisotopic (exact) mass is 314 g/mol. The molecule has 0 fully saturated rings. The molecule has 1 aromatic carbocycles. The summed E-state index contributed by atoms with van der Waals surface area (Å²) in [4.78, 5) is 23.9. The van der Waals surface area contributed by atoms with E-state index in [1.807, 2.05) is 6.92 Å². The molecule has 0 aliphatic rings. The third-order valence-corrected chi connectivity index (χ3v) is 3.31. The molecule has 0 aliphatic carbocycles. The number of rotatable bonds is 5. The summed E-state index contributed by atoms with van der Waals surface area (Å²) in [7, 11) is 0. The second-order valence-corrected chi connectivity index (χ2v) is 4.76. The number of hydrogen-bond donors (Lipinski definition) is 0. The first kappa shape index (κ1) is 16.3. The van der Waals surface area contributed by atoms with Gasteiger partial charge in [0.25, 0.3) is 11.6 Å².